The maximum absolute atomic E-state index is 12.5. The molecule has 10 heteroatoms. The van der Waals surface area contributed by atoms with Gasteiger partial charge >= 0.3 is 6.09 Å². The molecule has 3 aromatic rings. The Balaban J connectivity index is 1.66. The molecule has 3 aromatic heterocycles. The molecule has 1 unspecified atom stereocenters. The predicted octanol–water partition coefficient (Wildman–Crippen LogP) is 2.01. The summed E-state index contributed by atoms with van der Waals surface area (Å²) in [6.45, 7) is 3.77. The number of nitrogens with one attached hydrogen (secondary N) is 2. The van der Waals surface area contributed by atoms with E-state index in [0.717, 1.165) is 0 Å². The van der Waals surface area contributed by atoms with Crippen molar-refractivity contribution in [3.05, 3.63) is 72.4 Å². The van der Waals surface area contributed by atoms with E-state index < -0.39 is 18.0 Å². The van der Waals surface area contributed by atoms with Crippen LogP contribution in [0, 0.1) is 0 Å². The Kier molecular flexibility index (Phi) is 6.38. The van der Waals surface area contributed by atoms with Gasteiger partial charge in [0.05, 0.1) is 24.5 Å². The van der Waals surface area contributed by atoms with Crippen LogP contribution < -0.4 is 16.4 Å². The van der Waals surface area contributed by atoms with Gasteiger partial charge in [-0.2, -0.15) is 0 Å². The fraction of sp³-hybridized carbons (Fsp3) is 0.150. The van der Waals surface area contributed by atoms with Crippen LogP contribution in [-0.2, 0) is 13.0 Å². The number of nitrogens with zero attached hydrogens (tertiary/aromatic N) is 3. The van der Waals surface area contributed by atoms with Gasteiger partial charge in [0.15, 0.2) is 5.76 Å². The third-order valence-electron chi connectivity index (χ3n) is 4.07. The number of carbonyl (C=O) groups is 2. The molecule has 0 saturated carbocycles. The molecule has 0 spiro atoms. The third-order valence-corrected chi connectivity index (χ3v) is 4.07. The van der Waals surface area contributed by atoms with Gasteiger partial charge in [-0.3, -0.25) is 9.78 Å². The highest BCUT2D eigenvalue weighted by atomic mass is 16.4. The molecule has 10 nitrogen and oxygen atoms in total. The molecule has 2 amide bonds. The van der Waals surface area contributed by atoms with Crippen LogP contribution in [0.5, 0.6) is 0 Å². The van der Waals surface area contributed by atoms with Crippen molar-refractivity contribution < 1.29 is 19.1 Å². The predicted molar refractivity (Wildman–Crippen MR) is 108 cm³/mol. The van der Waals surface area contributed by atoms with E-state index in [1.165, 1.54) is 18.4 Å². The summed E-state index contributed by atoms with van der Waals surface area (Å²) in [4.78, 5) is 35.8. The number of nitrogens with two attached hydrogens (primary N) is 1. The first kappa shape index (κ1) is 20.5. The lowest BCUT2D eigenvalue weighted by atomic mass is 10.1. The molecule has 0 aliphatic carbocycles. The standard InChI is InChI=1S/C20H20N6O4/c1-2-12(24-20(28)29)9-13-5-3-6-14(23-13)11-22-18(27)16-10-15(25-19(21)26-16)17-7-4-8-30-17/h2-8,10,12,24H,1,9,11H2,(H,22,27)(H,28,29)(H2,21,25,26). The summed E-state index contributed by atoms with van der Waals surface area (Å²) in [7, 11) is 0. The zero-order valence-electron chi connectivity index (χ0n) is 15.9. The molecular formula is C20H20N6O4. The van der Waals surface area contributed by atoms with Crippen LogP contribution >= 0.6 is 0 Å². The quantitative estimate of drug-likeness (QED) is 0.412. The van der Waals surface area contributed by atoms with Crippen molar-refractivity contribution in [2.75, 3.05) is 5.73 Å². The molecule has 0 saturated heterocycles. The van der Waals surface area contributed by atoms with Crippen molar-refractivity contribution in [2.45, 2.75) is 19.0 Å². The number of anilines is 1. The van der Waals surface area contributed by atoms with E-state index in [0.29, 0.717) is 29.3 Å². The van der Waals surface area contributed by atoms with Crippen LogP contribution in [0.1, 0.15) is 21.9 Å². The number of furan rings is 1. The van der Waals surface area contributed by atoms with Gasteiger partial charge in [0.25, 0.3) is 5.91 Å². The largest absolute Gasteiger partial charge is 0.465 e. The van der Waals surface area contributed by atoms with E-state index in [1.807, 2.05) is 0 Å². The number of hydrogen-bond acceptors (Lipinski definition) is 7. The number of rotatable bonds is 8. The number of amides is 2. The summed E-state index contributed by atoms with van der Waals surface area (Å²) >= 11 is 0. The second kappa shape index (κ2) is 9.32. The van der Waals surface area contributed by atoms with Gasteiger partial charge in [0.2, 0.25) is 5.95 Å². The minimum atomic E-state index is -1.14. The Morgan fingerprint density at radius 2 is 2.00 bits per heavy atom. The lowest BCUT2D eigenvalue weighted by Gasteiger charge is -2.12. The molecule has 0 aliphatic heterocycles. The molecule has 3 rings (SSSR count). The van der Waals surface area contributed by atoms with Gasteiger partial charge in [0, 0.05) is 12.1 Å². The average molecular weight is 408 g/mol. The molecular weight excluding hydrogens is 388 g/mol. The second-order valence-electron chi connectivity index (χ2n) is 6.27. The second-order valence-corrected chi connectivity index (χ2v) is 6.27. The third kappa shape index (κ3) is 5.41. The van der Waals surface area contributed by atoms with E-state index in [1.54, 1.807) is 30.3 Å². The minimum Gasteiger partial charge on any atom is -0.465 e. The van der Waals surface area contributed by atoms with Crippen molar-refractivity contribution in [2.24, 2.45) is 0 Å². The Bertz CT molecular complexity index is 1050. The van der Waals surface area contributed by atoms with Crippen molar-refractivity contribution >= 4 is 17.9 Å². The summed E-state index contributed by atoms with van der Waals surface area (Å²) in [5, 5.41) is 13.9. The van der Waals surface area contributed by atoms with Crippen LogP contribution in [0.4, 0.5) is 10.7 Å². The molecule has 154 valence electrons. The van der Waals surface area contributed by atoms with E-state index in [-0.39, 0.29) is 18.2 Å². The van der Waals surface area contributed by atoms with E-state index >= 15 is 0 Å². The Labute approximate surface area is 171 Å². The number of pyridine rings is 1. The number of hydrogen-bond donors (Lipinski definition) is 4. The molecule has 0 aliphatic rings. The van der Waals surface area contributed by atoms with Crippen LogP contribution in [0.25, 0.3) is 11.5 Å². The molecule has 5 N–H and O–H groups in total. The lowest BCUT2D eigenvalue weighted by molar-refractivity contribution is 0.0945. The summed E-state index contributed by atoms with van der Waals surface area (Å²) in [6, 6.07) is 9.72. The lowest BCUT2D eigenvalue weighted by Crippen LogP contribution is -2.33. The molecule has 0 fully saturated rings. The van der Waals surface area contributed by atoms with Crippen LogP contribution in [0.2, 0.25) is 0 Å². The minimum absolute atomic E-state index is 0.0458. The fourth-order valence-corrected chi connectivity index (χ4v) is 2.71. The molecule has 0 radical (unpaired) electrons. The van der Waals surface area contributed by atoms with Gasteiger partial charge < -0.3 is 25.9 Å². The Morgan fingerprint density at radius 1 is 1.20 bits per heavy atom. The number of nitrogen functional groups attached to an aromatic ring is 1. The summed E-state index contributed by atoms with van der Waals surface area (Å²) in [5.41, 5.74) is 7.48. The van der Waals surface area contributed by atoms with Gasteiger partial charge in [-0.25, -0.2) is 14.8 Å². The smallest absolute Gasteiger partial charge is 0.405 e. The molecule has 0 bridgehead atoms. The van der Waals surface area contributed by atoms with Crippen molar-refractivity contribution in [3.63, 3.8) is 0 Å². The highest BCUT2D eigenvalue weighted by Gasteiger charge is 2.14. The fourth-order valence-electron chi connectivity index (χ4n) is 2.71. The Hall–Kier alpha value is -4.21. The van der Waals surface area contributed by atoms with Gasteiger partial charge in [-0.05, 0) is 30.3 Å². The topological polar surface area (TPSA) is 156 Å². The summed E-state index contributed by atoms with van der Waals surface area (Å²) in [5.74, 6) is -0.0181. The van der Waals surface area contributed by atoms with Gasteiger partial charge in [0.1, 0.15) is 11.4 Å². The Morgan fingerprint density at radius 3 is 2.70 bits per heavy atom. The number of carboxylic acid groups (broad SMARTS) is 1. The van der Waals surface area contributed by atoms with Crippen LogP contribution in [0.15, 0.2) is 59.7 Å². The summed E-state index contributed by atoms with van der Waals surface area (Å²) in [6.07, 6.45) is 2.20. The molecule has 1 atom stereocenters. The normalized spacial score (nSPS) is 11.5. The van der Waals surface area contributed by atoms with Crippen LogP contribution in [0.3, 0.4) is 0 Å². The maximum Gasteiger partial charge on any atom is 0.405 e. The van der Waals surface area contributed by atoms with Crippen LogP contribution in [-0.4, -0.2) is 38.1 Å². The van der Waals surface area contributed by atoms with Crippen molar-refractivity contribution in [3.8, 4) is 11.5 Å². The van der Waals surface area contributed by atoms with Crippen molar-refractivity contribution in [1.29, 1.82) is 0 Å². The van der Waals surface area contributed by atoms with Gasteiger partial charge in [-0.1, -0.05) is 12.1 Å². The first-order valence-electron chi connectivity index (χ1n) is 8.98. The SMILES string of the molecule is C=CC(Cc1cccc(CNC(=O)c2cc(-c3ccco3)nc(N)n2)n1)NC(=O)O. The molecule has 0 aromatic carbocycles. The zero-order chi connectivity index (χ0) is 21.5. The first-order chi connectivity index (χ1) is 14.4. The van der Waals surface area contributed by atoms with Gasteiger partial charge in [-0.15, -0.1) is 6.58 Å². The monoisotopic (exact) mass is 408 g/mol. The first-order valence-corrected chi connectivity index (χ1v) is 8.98. The van der Waals surface area contributed by atoms with E-state index in [4.69, 9.17) is 15.3 Å². The molecule has 3 heterocycles. The van der Waals surface area contributed by atoms with E-state index in [9.17, 15) is 9.59 Å². The number of aromatic nitrogens is 3. The molecule has 30 heavy (non-hydrogen) atoms. The van der Waals surface area contributed by atoms with E-state index in [2.05, 4.69) is 32.2 Å². The highest BCUT2D eigenvalue weighted by Crippen LogP contribution is 2.19. The highest BCUT2D eigenvalue weighted by molar-refractivity contribution is 5.93. The maximum atomic E-state index is 12.5. The number of carbonyl (C=O) groups excluding carboxylic acids is 1. The van der Waals surface area contributed by atoms with Crippen molar-refractivity contribution in [1.82, 2.24) is 25.6 Å². The average Bonchev–Trinajstić information content (AvgIpc) is 3.26. The zero-order valence-corrected chi connectivity index (χ0v) is 15.9. The summed E-state index contributed by atoms with van der Waals surface area (Å²) < 4.78 is 5.28.